The molecule has 0 aliphatic carbocycles. The van der Waals surface area contributed by atoms with E-state index in [4.69, 9.17) is 4.52 Å². The monoisotopic (exact) mass is 321 g/mol. The molecule has 3 unspecified atom stereocenters. The van der Waals surface area contributed by atoms with Gasteiger partial charge in [0.1, 0.15) is 5.56 Å². The minimum atomic E-state index is -0.0712. The van der Waals surface area contributed by atoms with Gasteiger partial charge in [-0.15, -0.1) is 0 Å². The molecule has 2 heterocycles. The van der Waals surface area contributed by atoms with Gasteiger partial charge in [-0.1, -0.05) is 32.9 Å². The zero-order valence-electron chi connectivity index (χ0n) is 15.3. The van der Waals surface area contributed by atoms with Crippen LogP contribution in [0.2, 0.25) is 0 Å². The number of nitrogens with zero attached hydrogens (tertiary/aromatic N) is 2. The van der Waals surface area contributed by atoms with Crippen LogP contribution < -0.4 is 5.32 Å². The molecular formula is C18H31N3O2. The molecule has 0 radical (unpaired) electrons. The molecule has 3 atom stereocenters. The van der Waals surface area contributed by atoms with Crippen molar-refractivity contribution in [1.82, 2.24) is 15.4 Å². The van der Waals surface area contributed by atoms with E-state index in [1.165, 1.54) is 6.42 Å². The van der Waals surface area contributed by atoms with Crippen LogP contribution in [0.25, 0.3) is 0 Å². The number of hydrogen-bond acceptors (Lipinski definition) is 4. The molecule has 2 rings (SSSR count). The summed E-state index contributed by atoms with van der Waals surface area (Å²) in [6.07, 6.45) is 1.30. The van der Waals surface area contributed by atoms with Crippen LogP contribution in [0, 0.1) is 18.8 Å². The van der Waals surface area contributed by atoms with Crippen molar-refractivity contribution >= 4 is 5.91 Å². The van der Waals surface area contributed by atoms with Crippen LogP contribution in [0.1, 0.15) is 68.8 Å². The van der Waals surface area contributed by atoms with Crippen molar-refractivity contribution in [3.63, 3.8) is 0 Å². The summed E-state index contributed by atoms with van der Waals surface area (Å²) < 4.78 is 5.32. The Hall–Kier alpha value is -1.36. The van der Waals surface area contributed by atoms with Crippen LogP contribution in [-0.2, 0) is 0 Å². The Balaban J connectivity index is 1.96. The fourth-order valence-corrected chi connectivity index (χ4v) is 3.73. The van der Waals surface area contributed by atoms with Crippen LogP contribution in [0.3, 0.4) is 0 Å². The van der Waals surface area contributed by atoms with Crippen molar-refractivity contribution < 1.29 is 9.32 Å². The summed E-state index contributed by atoms with van der Waals surface area (Å²) in [7, 11) is 0. The molecule has 0 saturated carbocycles. The van der Waals surface area contributed by atoms with E-state index in [-0.39, 0.29) is 17.9 Å². The lowest BCUT2D eigenvalue weighted by molar-refractivity contribution is 0.0902. The molecule has 1 saturated heterocycles. The van der Waals surface area contributed by atoms with E-state index in [1.54, 1.807) is 0 Å². The first-order valence-corrected chi connectivity index (χ1v) is 8.77. The van der Waals surface area contributed by atoms with E-state index < -0.39 is 0 Å². The molecule has 5 heteroatoms. The maximum atomic E-state index is 12.6. The second kappa shape index (κ2) is 7.47. The van der Waals surface area contributed by atoms with E-state index in [0.29, 0.717) is 17.0 Å². The Labute approximate surface area is 139 Å². The largest absolute Gasteiger partial charge is 0.360 e. The van der Waals surface area contributed by atoms with Crippen LogP contribution in [0.15, 0.2) is 4.52 Å². The van der Waals surface area contributed by atoms with Gasteiger partial charge in [-0.05, 0) is 32.1 Å². The van der Waals surface area contributed by atoms with Crippen molar-refractivity contribution in [2.45, 2.75) is 59.9 Å². The fourth-order valence-electron chi connectivity index (χ4n) is 3.73. The highest BCUT2D eigenvalue weighted by molar-refractivity contribution is 5.96. The second-order valence-electron chi connectivity index (χ2n) is 7.70. The third kappa shape index (κ3) is 4.56. The molecule has 23 heavy (non-hydrogen) atoms. The maximum Gasteiger partial charge on any atom is 0.257 e. The summed E-state index contributed by atoms with van der Waals surface area (Å²) in [5, 5.41) is 7.07. The SMILES string of the molecule is Cc1noc(C(C)C)c1C(=O)NC(C)CN1CC(C)CC(C)C1. The minimum absolute atomic E-state index is 0.0712. The van der Waals surface area contributed by atoms with Crippen LogP contribution in [0.4, 0.5) is 0 Å². The highest BCUT2D eigenvalue weighted by Gasteiger charge is 2.26. The third-order valence-corrected chi connectivity index (χ3v) is 4.49. The first-order chi connectivity index (χ1) is 10.8. The van der Waals surface area contributed by atoms with Crippen molar-refractivity contribution in [2.24, 2.45) is 11.8 Å². The average molecular weight is 321 g/mol. The van der Waals surface area contributed by atoms with Crippen LogP contribution in [0.5, 0.6) is 0 Å². The normalized spacial score (nSPS) is 24.0. The molecule has 1 aliphatic heterocycles. The maximum absolute atomic E-state index is 12.6. The molecule has 5 nitrogen and oxygen atoms in total. The summed E-state index contributed by atoms with van der Waals surface area (Å²) in [5.74, 6) is 2.21. The number of hydrogen-bond donors (Lipinski definition) is 1. The van der Waals surface area contributed by atoms with Crippen LogP contribution in [-0.4, -0.2) is 41.6 Å². The summed E-state index contributed by atoms with van der Waals surface area (Å²) in [6, 6.07) is 0.106. The van der Waals surface area contributed by atoms with Gasteiger partial charge in [-0.25, -0.2) is 0 Å². The molecule has 1 N–H and O–H groups in total. The quantitative estimate of drug-likeness (QED) is 0.905. The van der Waals surface area contributed by atoms with E-state index in [9.17, 15) is 4.79 Å². The number of carbonyl (C=O) groups is 1. The van der Waals surface area contributed by atoms with Gasteiger partial charge < -0.3 is 14.7 Å². The topological polar surface area (TPSA) is 58.4 Å². The van der Waals surface area contributed by atoms with Crippen molar-refractivity contribution in [2.75, 3.05) is 19.6 Å². The van der Waals surface area contributed by atoms with Gasteiger partial charge in [0, 0.05) is 31.6 Å². The Kier molecular flexibility index (Phi) is 5.84. The third-order valence-electron chi connectivity index (χ3n) is 4.49. The van der Waals surface area contributed by atoms with Gasteiger partial charge in [0.25, 0.3) is 5.91 Å². The molecule has 1 aliphatic rings. The molecule has 0 bridgehead atoms. The van der Waals surface area contributed by atoms with Gasteiger partial charge in [0.15, 0.2) is 5.76 Å². The van der Waals surface area contributed by atoms with E-state index in [2.05, 4.69) is 36.1 Å². The molecule has 1 aromatic rings. The standard InChI is InChI=1S/C18H31N3O2/c1-11(2)17-16(15(6)20-23-17)18(22)19-14(5)10-21-8-12(3)7-13(4)9-21/h11-14H,7-10H2,1-6H3,(H,19,22). The number of likely N-dealkylation sites (tertiary alicyclic amines) is 1. The lowest BCUT2D eigenvalue weighted by Gasteiger charge is -2.36. The predicted molar refractivity (Wildman–Crippen MR) is 91.6 cm³/mol. The summed E-state index contributed by atoms with van der Waals surface area (Å²) in [6.45, 7) is 15.7. The molecule has 1 amide bonds. The first kappa shape index (κ1) is 18.0. The van der Waals surface area contributed by atoms with Gasteiger partial charge >= 0.3 is 0 Å². The predicted octanol–water partition coefficient (Wildman–Crippen LogP) is 3.20. The van der Waals surface area contributed by atoms with Crippen molar-refractivity contribution in [3.8, 4) is 0 Å². The van der Waals surface area contributed by atoms with E-state index >= 15 is 0 Å². The van der Waals surface area contributed by atoms with E-state index in [1.807, 2.05) is 20.8 Å². The zero-order chi connectivity index (χ0) is 17.1. The van der Waals surface area contributed by atoms with Gasteiger partial charge in [0.05, 0.1) is 5.69 Å². The molecule has 0 aromatic carbocycles. The zero-order valence-corrected chi connectivity index (χ0v) is 15.3. The number of aromatic nitrogens is 1. The number of piperidine rings is 1. The van der Waals surface area contributed by atoms with E-state index in [0.717, 1.165) is 31.5 Å². The smallest absolute Gasteiger partial charge is 0.257 e. The summed E-state index contributed by atoms with van der Waals surface area (Å²) >= 11 is 0. The number of aryl methyl sites for hydroxylation is 1. The lowest BCUT2D eigenvalue weighted by Crippen LogP contribution is -2.47. The highest BCUT2D eigenvalue weighted by Crippen LogP contribution is 2.23. The first-order valence-electron chi connectivity index (χ1n) is 8.77. The number of nitrogens with one attached hydrogen (secondary N) is 1. The highest BCUT2D eigenvalue weighted by atomic mass is 16.5. The van der Waals surface area contributed by atoms with Crippen LogP contribution >= 0.6 is 0 Å². The number of rotatable bonds is 5. The Bertz CT molecular complexity index is 528. The summed E-state index contributed by atoms with van der Waals surface area (Å²) in [5.41, 5.74) is 1.27. The molecule has 130 valence electrons. The lowest BCUT2D eigenvalue weighted by atomic mass is 9.91. The van der Waals surface area contributed by atoms with Crippen molar-refractivity contribution in [1.29, 1.82) is 0 Å². The van der Waals surface area contributed by atoms with Crippen molar-refractivity contribution in [3.05, 3.63) is 17.0 Å². The average Bonchev–Trinajstić information content (AvgIpc) is 2.79. The molecule has 1 fully saturated rings. The minimum Gasteiger partial charge on any atom is -0.360 e. The fraction of sp³-hybridized carbons (Fsp3) is 0.778. The molecule has 1 aromatic heterocycles. The van der Waals surface area contributed by atoms with Gasteiger partial charge in [-0.3, -0.25) is 4.79 Å². The number of amides is 1. The second-order valence-corrected chi connectivity index (χ2v) is 7.70. The molecular weight excluding hydrogens is 290 g/mol. The Morgan fingerprint density at radius 2 is 1.91 bits per heavy atom. The number of carbonyl (C=O) groups excluding carboxylic acids is 1. The Morgan fingerprint density at radius 1 is 1.30 bits per heavy atom. The van der Waals surface area contributed by atoms with Gasteiger partial charge in [-0.2, -0.15) is 0 Å². The summed E-state index contributed by atoms with van der Waals surface area (Å²) in [4.78, 5) is 15.1. The molecule has 0 spiro atoms. The van der Waals surface area contributed by atoms with Gasteiger partial charge in [0.2, 0.25) is 0 Å². The Morgan fingerprint density at radius 3 is 2.48 bits per heavy atom.